The van der Waals surface area contributed by atoms with E-state index in [1.54, 1.807) is 24.3 Å². The van der Waals surface area contributed by atoms with Crippen molar-refractivity contribution in [2.24, 2.45) is 0 Å². The highest BCUT2D eigenvalue weighted by Gasteiger charge is 2.16. The average molecular weight is 293 g/mol. The number of hydrogen-bond acceptors (Lipinski definition) is 1. The fourth-order valence-electron chi connectivity index (χ4n) is 1.65. The molecule has 86 valence electrons. The van der Waals surface area contributed by atoms with Gasteiger partial charge in [-0.25, -0.2) is 4.39 Å². The molecule has 2 aromatic carbocycles. The van der Waals surface area contributed by atoms with Gasteiger partial charge in [-0.15, -0.1) is 0 Å². The second-order valence-corrected chi connectivity index (χ2v) is 4.60. The lowest BCUT2D eigenvalue weighted by Gasteiger charge is -2.06. The van der Waals surface area contributed by atoms with Gasteiger partial charge in [0, 0.05) is 5.56 Å². The first-order valence-electron chi connectivity index (χ1n) is 5.15. The van der Waals surface area contributed by atoms with Gasteiger partial charge in [0.2, 0.25) is 0 Å². The molecule has 0 saturated heterocycles. The van der Waals surface area contributed by atoms with Gasteiger partial charge in [0.05, 0.1) is 10.0 Å². The van der Waals surface area contributed by atoms with Gasteiger partial charge < -0.3 is 0 Å². The Kier molecular flexibility index (Phi) is 3.38. The topological polar surface area (TPSA) is 17.1 Å². The highest BCUT2D eigenvalue weighted by Crippen LogP contribution is 2.22. The first-order valence-corrected chi connectivity index (χ1v) is 5.95. The van der Waals surface area contributed by atoms with Crippen molar-refractivity contribution in [3.05, 3.63) is 69.4 Å². The van der Waals surface area contributed by atoms with Gasteiger partial charge in [-0.3, -0.25) is 4.79 Å². The lowest BCUT2D eigenvalue weighted by atomic mass is 9.99. The van der Waals surface area contributed by atoms with E-state index in [1.807, 2.05) is 19.1 Å². The quantitative estimate of drug-likeness (QED) is 0.761. The summed E-state index contributed by atoms with van der Waals surface area (Å²) in [6.45, 7) is 1.84. The van der Waals surface area contributed by atoms with Crippen molar-refractivity contribution in [2.45, 2.75) is 6.92 Å². The largest absolute Gasteiger partial charge is 0.288 e. The van der Waals surface area contributed by atoms with E-state index in [4.69, 9.17) is 0 Å². The van der Waals surface area contributed by atoms with Crippen LogP contribution >= 0.6 is 15.9 Å². The van der Waals surface area contributed by atoms with E-state index in [1.165, 1.54) is 6.07 Å². The first kappa shape index (κ1) is 12.0. The predicted molar refractivity (Wildman–Crippen MR) is 68.7 cm³/mol. The van der Waals surface area contributed by atoms with Gasteiger partial charge in [0.1, 0.15) is 5.82 Å². The van der Waals surface area contributed by atoms with Gasteiger partial charge in [-0.1, -0.05) is 30.3 Å². The molecule has 0 aliphatic carbocycles. The van der Waals surface area contributed by atoms with Crippen LogP contribution < -0.4 is 0 Å². The molecule has 0 atom stereocenters. The smallest absolute Gasteiger partial charge is 0.196 e. The Morgan fingerprint density at radius 3 is 2.41 bits per heavy atom. The maximum atomic E-state index is 13.8. The SMILES string of the molecule is Cc1ccccc1C(=O)c1cccc(Br)c1F. The van der Waals surface area contributed by atoms with Crippen LogP contribution in [0.4, 0.5) is 4.39 Å². The van der Waals surface area contributed by atoms with Crippen molar-refractivity contribution in [3.63, 3.8) is 0 Å². The van der Waals surface area contributed by atoms with Crippen LogP contribution in [0.3, 0.4) is 0 Å². The summed E-state index contributed by atoms with van der Waals surface area (Å²) >= 11 is 3.08. The number of rotatable bonds is 2. The summed E-state index contributed by atoms with van der Waals surface area (Å²) in [6.07, 6.45) is 0. The maximum absolute atomic E-state index is 13.8. The molecule has 0 aromatic heterocycles. The maximum Gasteiger partial charge on any atom is 0.196 e. The van der Waals surface area contributed by atoms with E-state index in [-0.39, 0.29) is 11.3 Å². The zero-order valence-electron chi connectivity index (χ0n) is 9.21. The van der Waals surface area contributed by atoms with E-state index in [9.17, 15) is 9.18 Å². The summed E-state index contributed by atoms with van der Waals surface area (Å²) in [5, 5.41) is 0. The van der Waals surface area contributed by atoms with Gasteiger partial charge in [0.25, 0.3) is 0 Å². The van der Waals surface area contributed by atoms with Gasteiger partial charge in [0.15, 0.2) is 5.78 Å². The Labute approximate surface area is 107 Å². The summed E-state index contributed by atoms with van der Waals surface area (Å²) in [5.74, 6) is -0.803. The highest BCUT2D eigenvalue weighted by molar-refractivity contribution is 9.10. The molecule has 0 unspecified atom stereocenters. The second-order valence-electron chi connectivity index (χ2n) is 3.75. The summed E-state index contributed by atoms with van der Waals surface area (Å²) in [6, 6.07) is 11.9. The van der Waals surface area contributed by atoms with Crippen molar-refractivity contribution in [2.75, 3.05) is 0 Å². The molecular weight excluding hydrogens is 283 g/mol. The molecule has 3 heteroatoms. The summed E-state index contributed by atoms with van der Waals surface area (Å²) in [7, 11) is 0. The number of carbonyl (C=O) groups is 1. The zero-order chi connectivity index (χ0) is 12.4. The number of hydrogen-bond donors (Lipinski definition) is 0. The Bertz CT molecular complexity index is 578. The van der Waals surface area contributed by atoms with Crippen LogP contribution in [-0.2, 0) is 0 Å². The average Bonchev–Trinajstić information content (AvgIpc) is 2.32. The molecule has 0 heterocycles. The van der Waals surface area contributed by atoms with Crippen molar-refractivity contribution in [1.29, 1.82) is 0 Å². The summed E-state index contributed by atoms with van der Waals surface area (Å²) < 4.78 is 14.1. The van der Waals surface area contributed by atoms with Crippen LogP contribution in [0.5, 0.6) is 0 Å². The molecule has 17 heavy (non-hydrogen) atoms. The van der Waals surface area contributed by atoms with Crippen LogP contribution in [-0.4, -0.2) is 5.78 Å². The van der Waals surface area contributed by atoms with Crippen LogP contribution in [0.15, 0.2) is 46.9 Å². The van der Waals surface area contributed by atoms with Crippen LogP contribution in [0.2, 0.25) is 0 Å². The molecule has 0 radical (unpaired) electrons. The molecule has 0 spiro atoms. The monoisotopic (exact) mass is 292 g/mol. The minimum Gasteiger partial charge on any atom is -0.288 e. The number of benzene rings is 2. The molecule has 0 fully saturated rings. The van der Waals surface area contributed by atoms with E-state index >= 15 is 0 Å². The Balaban J connectivity index is 2.52. The number of ketones is 1. The Morgan fingerprint density at radius 2 is 1.71 bits per heavy atom. The Hall–Kier alpha value is -1.48. The third-order valence-electron chi connectivity index (χ3n) is 2.59. The van der Waals surface area contributed by atoms with Crippen molar-refractivity contribution >= 4 is 21.7 Å². The number of halogens is 2. The molecule has 0 amide bonds. The minimum atomic E-state index is -0.513. The zero-order valence-corrected chi connectivity index (χ0v) is 10.8. The van der Waals surface area contributed by atoms with Crippen LogP contribution in [0.1, 0.15) is 21.5 Å². The van der Waals surface area contributed by atoms with E-state index in [2.05, 4.69) is 15.9 Å². The third kappa shape index (κ3) is 2.29. The standard InChI is InChI=1S/C14H10BrFO/c1-9-5-2-3-6-10(9)14(17)11-7-4-8-12(15)13(11)16/h2-8H,1H3. The number of aryl methyl sites for hydroxylation is 1. The van der Waals surface area contributed by atoms with E-state index < -0.39 is 5.82 Å². The van der Waals surface area contributed by atoms with Crippen molar-refractivity contribution < 1.29 is 9.18 Å². The van der Waals surface area contributed by atoms with Crippen molar-refractivity contribution in [3.8, 4) is 0 Å². The van der Waals surface area contributed by atoms with Crippen molar-refractivity contribution in [1.82, 2.24) is 0 Å². The molecule has 2 aromatic rings. The minimum absolute atomic E-state index is 0.0914. The molecule has 1 nitrogen and oxygen atoms in total. The molecule has 0 bridgehead atoms. The highest BCUT2D eigenvalue weighted by atomic mass is 79.9. The fourth-order valence-corrected chi connectivity index (χ4v) is 2.02. The number of carbonyl (C=O) groups excluding carboxylic acids is 1. The van der Waals surface area contributed by atoms with Crippen LogP contribution in [0, 0.1) is 12.7 Å². The summed E-state index contributed by atoms with van der Waals surface area (Å²) in [5.41, 5.74) is 1.47. The van der Waals surface area contributed by atoms with Crippen LogP contribution in [0.25, 0.3) is 0 Å². The Morgan fingerprint density at radius 1 is 1.06 bits per heavy atom. The normalized spacial score (nSPS) is 10.3. The predicted octanol–water partition coefficient (Wildman–Crippen LogP) is 4.13. The molecule has 0 N–H and O–H groups in total. The first-order chi connectivity index (χ1) is 8.11. The fraction of sp³-hybridized carbons (Fsp3) is 0.0714. The molecule has 0 aliphatic rings. The lowest BCUT2D eigenvalue weighted by Crippen LogP contribution is -2.06. The van der Waals surface area contributed by atoms with E-state index in [0.29, 0.717) is 10.0 Å². The molecule has 0 aliphatic heterocycles. The summed E-state index contributed by atoms with van der Waals surface area (Å²) in [4.78, 5) is 12.2. The third-order valence-corrected chi connectivity index (χ3v) is 3.20. The van der Waals surface area contributed by atoms with Gasteiger partial charge in [-0.05, 0) is 40.5 Å². The van der Waals surface area contributed by atoms with Gasteiger partial charge >= 0.3 is 0 Å². The van der Waals surface area contributed by atoms with E-state index in [0.717, 1.165) is 5.56 Å². The second kappa shape index (κ2) is 4.80. The molecule has 0 saturated carbocycles. The molecule has 2 rings (SSSR count). The van der Waals surface area contributed by atoms with Gasteiger partial charge in [-0.2, -0.15) is 0 Å². The lowest BCUT2D eigenvalue weighted by molar-refractivity contribution is 0.103. The molecular formula is C14H10BrFO.